The van der Waals surface area contributed by atoms with Gasteiger partial charge in [-0.3, -0.25) is 9.59 Å². The summed E-state index contributed by atoms with van der Waals surface area (Å²) in [6.07, 6.45) is 5.13. The van der Waals surface area contributed by atoms with Gasteiger partial charge in [-0.2, -0.15) is 9.41 Å². The van der Waals surface area contributed by atoms with Gasteiger partial charge in [0, 0.05) is 24.7 Å². The molecule has 39 heavy (non-hydrogen) atoms. The van der Waals surface area contributed by atoms with Crippen molar-refractivity contribution in [3.05, 3.63) is 88.3 Å². The minimum atomic E-state index is -3.88. The molecule has 0 atom stereocenters. The van der Waals surface area contributed by atoms with Crippen molar-refractivity contribution in [3.63, 3.8) is 0 Å². The Kier molecular flexibility index (Phi) is 9.55. The Morgan fingerprint density at radius 3 is 2.31 bits per heavy atom. The van der Waals surface area contributed by atoms with Gasteiger partial charge in [-0.05, 0) is 61.7 Å². The van der Waals surface area contributed by atoms with Crippen molar-refractivity contribution in [2.24, 2.45) is 5.10 Å². The van der Waals surface area contributed by atoms with Gasteiger partial charge in [-0.25, -0.2) is 13.8 Å². The van der Waals surface area contributed by atoms with Crippen molar-refractivity contribution >= 4 is 39.7 Å². The van der Waals surface area contributed by atoms with Gasteiger partial charge in [0.05, 0.1) is 17.7 Å². The monoisotopic (exact) mass is 570 g/mol. The normalized spacial score (nSPS) is 14.5. The molecular weight excluding hydrogens is 540 g/mol. The Hall–Kier alpha value is -3.47. The summed E-state index contributed by atoms with van der Waals surface area (Å²) in [5, 5.41) is 4.28. The quantitative estimate of drug-likeness (QED) is 0.244. The number of carbonyl (C=O) groups excluding carboxylic acids is 2. The van der Waals surface area contributed by atoms with Gasteiger partial charge in [-0.1, -0.05) is 54.3 Å². The minimum absolute atomic E-state index is 0.0352. The summed E-state index contributed by atoms with van der Waals surface area (Å²) >= 11 is 5.96. The second-order valence-electron chi connectivity index (χ2n) is 9.42. The number of hydrogen-bond acceptors (Lipinski definition) is 6. The number of halogens is 1. The summed E-state index contributed by atoms with van der Waals surface area (Å²) in [7, 11) is -3.88. The van der Waals surface area contributed by atoms with E-state index in [2.05, 4.69) is 10.5 Å². The van der Waals surface area contributed by atoms with Gasteiger partial charge in [0.1, 0.15) is 11.5 Å². The average molecular weight is 571 g/mol. The van der Waals surface area contributed by atoms with E-state index in [0.29, 0.717) is 29.6 Å². The van der Waals surface area contributed by atoms with Gasteiger partial charge in [0.2, 0.25) is 10.0 Å². The minimum Gasteiger partial charge on any atom is -0.459 e. The number of hydrazone groups is 1. The van der Waals surface area contributed by atoms with E-state index in [9.17, 15) is 18.0 Å². The fraction of sp³-hybridized carbons (Fsp3) is 0.321. The SMILES string of the molecule is Cc1ccc(CN(Cc2ccc(/C=N/NC(=O)C(=O)N3CCCCCC3)o2)S(=O)(=O)c2ccc(Cl)cc2)cc1. The van der Waals surface area contributed by atoms with Crippen LogP contribution in [0.1, 0.15) is 48.3 Å². The Labute approximate surface area is 233 Å². The van der Waals surface area contributed by atoms with E-state index in [1.807, 2.05) is 31.2 Å². The van der Waals surface area contributed by atoms with E-state index < -0.39 is 21.8 Å². The highest BCUT2D eigenvalue weighted by molar-refractivity contribution is 7.89. The predicted molar refractivity (Wildman–Crippen MR) is 149 cm³/mol. The fourth-order valence-corrected chi connectivity index (χ4v) is 5.74. The first kappa shape index (κ1) is 28.5. The first-order chi connectivity index (χ1) is 18.7. The van der Waals surface area contributed by atoms with Crippen molar-refractivity contribution in [1.29, 1.82) is 0 Å². The predicted octanol–water partition coefficient (Wildman–Crippen LogP) is 4.49. The molecule has 1 N–H and O–H groups in total. The number of hydrogen-bond donors (Lipinski definition) is 1. The van der Waals surface area contributed by atoms with Gasteiger partial charge >= 0.3 is 11.8 Å². The highest BCUT2D eigenvalue weighted by Crippen LogP contribution is 2.23. The number of carbonyl (C=O) groups is 2. The average Bonchev–Trinajstić information content (AvgIpc) is 3.19. The van der Waals surface area contributed by atoms with E-state index in [4.69, 9.17) is 16.0 Å². The molecule has 2 amide bonds. The van der Waals surface area contributed by atoms with Crippen LogP contribution in [0.5, 0.6) is 0 Å². The first-order valence-corrected chi connectivity index (χ1v) is 14.6. The van der Waals surface area contributed by atoms with E-state index >= 15 is 0 Å². The maximum absolute atomic E-state index is 13.5. The molecule has 1 saturated heterocycles. The van der Waals surface area contributed by atoms with Gasteiger partial charge in [0.15, 0.2) is 0 Å². The zero-order chi connectivity index (χ0) is 27.8. The lowest BCUT2D eigenvalue weighted by Gasteiger charge is -2.21. The number of rotatable bonds is 8. The van der Waals surface area contributed by atoms with Gasteiger partial charge in [-0.15, -0.1) is 0 Å². The van der Waals surface area contributed by atoms with Crippen LogP contribution < -0.4 is 5.43 Å². The molecule has 9 nitrogen and oxygen atoms in total. The number of furan rings is 1. The zero-order valence-electron chi connectivity index (χ0n) is 21.7. The van der Waals surface area contributed by atoms with Crippen molar-refractivity contribution in [2.45, 2.75) is 50.6 Å². The molecule has 0 saturated carbocycles. The van der Waals surface area contributed by atoms with Gasteiger partial charge in [0.25, 0.3) is 0 Å². The first-order valence-electron chi connectivity index (χ1n) is 12.7. The molecule has 4 rings (SSSR count). The maximum atomic E-state index is 13.5. The molecule has 0 aliphatic carbocycles. The molecule has 3 aromatic rings. The molecule has 2 aromatic carbocycles. The van der Waals surface area contributed by atoms with Crippen LogP contribution in [0.15, 0.2) is 75.1 Å². The van der Waals surface area contributed by atoms with Crippen molar-refractivity contribution in [3.8, 4) is 0 Å². The summed E-state index contributed by atoms with van der Waals surface area (Å²) in [6.45, 7) is 3.19. The topological polar surface area (TPSA) is 112 Å². The third kappa shape index (κ3) is 7.78. The van der Waals surface area contributed by atoms with Crippen LogP contribution in [0.25, 0.3) is 0 Å². The lowest BCUT2D eigenvalue weighted by molar-refractivity contribution is -0.145. The zero-order valence-corrected chi connectivity index (χ0v) is 23.2. The van der Waals surface area contributed by atoms with Crippen LogP contribution in [0.4, 0.5) is 0 Å². The Morgan fingerprint density at radius 1 is 0.974 bits per heavy atom. The molecule has 2 heterocycles. The Morgan fingerprint density at radius 2 is 1.64 bits per heavy atom. The molecule has 1 fully saturated rings. The van der Waals surface area contributed by atoms with Crippen molar-refractivity contribution in [1.82, 2.24) is 14.6 Å². The lowest BCUT2D eigenvalue weighted by Crippen LogP contribution is -2.41. The van der Waals surface area contributed by atoms with E-state index in [-0.39, 0.29) is 18.0 Å². The van der Waals surface area contributed by atoms with E-state index in [1.54, 1.807) is 17.0 Å². The standard InChI is InChI=1S/C28H31ClN4O5S/c1-21-6-8-22(9-7-21)19-33(39(36,37)26-14-10-23(29)11-15-26)20-25-13-12-24(38-25)18-30-31-27(34)28(35)32-16-4-2-3-5-17-32/h6-15,18H,2-5,16-17,19-20H2,1H3,(H,31,34)/b30-18+. The van der Waals surface area contributed by atoms with Crippen LogP contribution >= 0.6 is 11.6 Å². The van der Waals surface area contributed by atoms with Crippen LogP contribution in [0, 0.1) is 6.92 Å². The second kappa shape index (κ2) is 13.1. The lowest BCUT2D eigenvalue weighted by atomic mass is 10.1. The van der Waals surface area contributed by atoms with E-state index in [1.165, 1.54) is 34.8 Å². The third-order valence-electron chi connectivity index (χ3n) is 6.39. The Bertz CT molecular complexity index is 1410. The smallest absolute Gasteiger partial charge is 0.329 e. The highest BCUT2D eigenvalue weighted by atomic mass is 35.5. The van der Waals surface area contributed by atoms with Gasteiger partial charge < -0.3 is 9.32 Å². The molecule has 1 aliphatic rings. The summed E-state index contributed by atoms with van der Waals surface area (Å²) in [5.41, 5.74) is 4.14. The van der Waals surface area contributed by atoms with Crippen molar-refractivity contribution < 1.29 is 22.4 Å². The number of benzene rings is 2. The number of aryl methyl sites for hydroxylation is 1. The van der Waals surface area contributed by atoms with Crippen LogP contribution in [0.2, 0.25) is 5.02 Å². The summed E-state index contributed by atoms with van der Waals surface area (Å²) in [4.78, 5) is 26.3. The van der Waals surface area contributed by atoms with Crippen LogP contribution in [-0.2, 0) is 32.7 Å². The largest absolute Gasteiger partial charge is 0.459 e. The number of likely N-dealkylation sites (tertiary alicyclic amines) is 1. The molecule has 0 bridgehead atoms. The molecule has 0 spiro atoms. The molecule has 1 aliphatic heterocycles. The van der Waals surface area contributed by atoms with Crippen LogP contribution in [0.3, 0.4) is 0 Å². The molecule has 0 radical (unpaired) electrons. The number of sulfonamides is 1. The molecule has 0 unspecified atom stereocenters. The van der Waals surface area contributed by atoms with Crippen molar-refractivity contribution in [2.75, 3.05) is 13.1 Å². The van der Waals surface area contributed by atoms with Crippen LogP contribution in [-0.4, -0.2) is 48.7 Å². The molecule has 1 aromatic heterocycles. The molecule has 206 valence electrons. The second-order valence-corrected chi connectivity index (χ2v) is 11.8. The molecular formula is C28H31ClN4O5S. The maximum Gasteiger partial charge on any atom is 0.329 e. The number of nitrogens with zero attached hydrogens (tertiary/aromatic N) is 3. The highest BCUT2D eigenvalue weighted by Gasteiger charge is 2.26. The number of amides is 2. The summed E-state index contributed by atoms with van der Waals surface area (Å²) in [6, 6.07) is 16.9. The molecule has 11 heteroatoms. The third-order valence-corrected chi connectivity index (χ3v) is 8.45. The number of nitrogens with one attached hydrogen (secondary N) is 1. The Balaban J connectivity index is 1.45. The summed E-state index contributed by atoms with van der Waals surface area (Å²) in [5.74, 6) is -0.730. The summed E-state index contributed by atoms with van der Waals surface area (Å²) < 4.78 is 34.1. The fourth-order valence-electron chi connectivity index (χ4n) is 4.22. The van der Waals surface area contributed by atoms with E-state index in [0.717, 1.165) is 36.8 Å².